The highest BCUT2D eigenvalue weighted by atomic mass is 16.5. The molecule has 0 spiro atoms. The molecule has 0 aliphatic rings. The van der Waals surface area contributed by atoms with Crippen molar-refractivity contribution in [1.29, 1.82) is 0 Å². The molecular weight excluding hydrogens is 352 g/mol. The van der Waals surface area contributed by atoms with E-state index in [-0.39, 0.29) is 0 Å². The molecule has 0 saturated carbocycles. The molecule has 0 bridgehead atoms. The number of hydrogen-bond donors (Lipinski definition) is 2. The van der Waals surface area contributed by atoms with Crippen molar-refractivity contribution < 1.29 is 19.0 Å². The Hall–Kier alpha value is -3.82. The summed E-state index contributed by atoms with van der Waals surface area (Å²) >= 11 is 0. The first-order valence-corrected chi connectivity index (χ1v) is 7.83. The number of urea groups is 1. The van der Waals surface area contributed by atoms with Crippen LogP contribution in [0.5, 0.6) is 17.2 Å². The summed E-state index contributed by atoms with van der Waals surface area (Å²) in [7, 11) is 4.51. The quantitative estimate of drug-likeness (QED) is 0.685. The molecule has 140 valence electrons. The van der Waals surface area contributed by atoms with Crippen LogP contribution in [0.1, 0.15) is 0 Å². The van der Waals surface area contributed by atoms with E-state index in [4.69, 9.17) is 14.2 Å². The summed E-state index contributed by atoms with van der Waals surface area (Å²) in [5, 5.41) is 5.35. The average molecular weight is 370 g/mol. The Labute approximate surface area is 155 Å². The number of nitrogens with one attached hydrogen (secondary N) is 2. The van der Waals surface area contributed by atoms with Crippen LogP contribution in [0.3, 0.4) is 0 Å². The van der Waals surface area contributed by atoms with Gasteiger partial charge in [0.25, 0.3) is 0 Å². The second-order valence-electron chi connectivity index (χ2n) is 5.22. The summed E-state index contributed by atoms with van der Waals surface area (Å²) in [6.45, 7) is 0. The summed E-state index contributed by atoms with van der Waals surface area (Å²) in [5.41, 5.74) is 0.464. The number of amides is 2. The summed E-state index contributed by atoms with van der Waals surface area (Å²) in [5.74, 6) is 2.20. The Morgan fingerprint density at radius 3 is 2.33 bits per heavy atom. The maximum Gasteiger partial charge on any atom is 0.324 e. The summed E-state index contributed by atoms with van der Waals surface area (Å²) < 4.78 is 17.5. The predicted octanol–water partition coefficient (Wildman–Crippen LogP) is 2.33. The Balaban J connectivity index is 1.76. The van der Waals surface area contributed by atoms with E-state index in [1.807, 2.05) is 0 Å². The van der Waals surface area contributed by atoms with Crippen LogP contribution in [0.15, 0.2) is 43.2 Å². The number of ether oxygens (including phenoxy) is 3. The molecule has 0 saturated heterocycles. The van der Waals surface area contributed by atoms with Gasteiger partial charge in [-0.15, -0.1) is 0 Å². The molecule has 3 aromatic rings. The number of anilines is 2. The normalized spacial score (nSPS) is 10.2. The average Bonchev–Trinajstić information content (AvgIpc) is 3.22. The van der Waals surface area contributed by atoms with Crippen LogP contribution in [0, 0.1) is 0 Å². The zero-order chi connectivity index (χ0) is 19.2. The van der Waals surface area contributed by atoms with E-state index in [0.29, 0.717) is 34.6 Å². The monoisotopic (exact) mass is 370 g/mol. The van der Waals surface area contributed by atoms with E-state index in [2.05, 4.69) is 25.6 Å². The molecule has 1 aromatic carbocycles. The molecule has 10 heteroatoms. The lowest BCUT2D eigenvalue weighted by Crippen LogP contribution is -2.20. The third kappa shape index (κ3) is 4.06. The highest BCUT2D eigenvalue weighted by Crippen LogP contribution is 2.39. The fourth-order valence-electron chi connectivity index (χ4n) is 2.38. The number of rotatable bonds is 6. The molecule has 0 aliphatic heterocycles. The lowest BCUT2D eigenvalue weighted by molar-refractivity contribution is 0.262. The van der Waals surface area contributed by atoms with E-state index >= 15 is 0 Å². The van der Waals surface area contributed by atoms with E-state index in [0.717, 1.165) is 0 Å². The van der Waals surface area contributed by atoms with Gasteiger partial charge in [-0.05, 0) is 0 Å². The molecule has 2 aromatic heterocycles. The van der Waals surface area contributed by atoms with Gasteiger partial charge >= 0.3 is 6.03 Å². The molecule has 10 nitrogen and oxygen atoms in total. The van der Waals surface area contributed by atoms with E-state index < -0.39 is 6.03 Å². The number of methoxy groups -OCH3 is 3. The molecule has 0 radical (unpaired) electrons. The zero-order valence-corrected chi connectivity index (χ0v) is 15.0. The van der Waals surface area contributed by atoms with Crippen molar-refractivity contribution in [1.82, 2.24) is 19.5 Å². The standard InChI is InChI=1S/C17H18N6O4/c1-25-12-6-11(7-13(26-2)16(12)27-3)21-17(24)22-14-8-15(20-9-19-14)23-5-4-18-10-23/h4-10H,1-3H3,(H2,19,20,21,22,24). The molecular formula is C17H18N6O4. The van der Waals surface area contributed by atoms with Gasteiger partial charge in [0.05, 0.1) is 27.0 Å². The van der Waals surface area contributed by atoms with Crippen LogP contribution in [-0.2, 0) is 0 Å². The van der Waals surface area contributed by atoms with Gasteiger partial charge in [0.2, 0.25) is 5.75 Å². The third-order valence-electron chi connectivity index (χ3n) is 3.59. The fraction of sp³-hybridized carbons (Fsp3) is 0.176. The van der Waals surface area contributed by atoms with Crippen LogP contribution >= 0.6 is 0 Å². The maximum atomic E-state index is 12.3. The summed E-state index contributed by atoms with van der Waals surface area (Å²) in [4.78, 5) is 24.4. The van der Waals surface area contributed by atoms with Gasteiger partial charge in [-0.3, -0.25) is 9.88 Å². The minimum absolute atomic E-state index is 0.332. The molecule has 0 aliphatic carbocycles. The van der Waals surface area contributed by atoms with Crippen molar-refractivity contribution in [2.75, 3.05) is 32.0 Å². The van der Waals surface area contributed by atoms with Crippen molar-refractivity contribution in [3.8, 4) is 23.1 Å². The number of imidazole rings is 1. The second kappa shape index (κ2) is 8.04. The number of benzene rings is 1. The molecule has 0 fully saturated rings. The number of hydrogen-bond acceptors (Lipinski definition) is 7. The van der Waals surface area contributed by atoms with Gasteiger partial charge in [0.15, 0.2) is 11.5 Å². The van der Waals surface area contributed by atoms with Crippen LogP contribution < -0.4 is 24.8 Å². The van der Waals surface area contributed by atoms with E-state index in [9.17, 15) is 4.79 Å². The van der Waals surface area contributed by atoms with Gasteiger partial charge in [-0.1, -0.05) is 0 Å². The Morgan fingerprint density at radius 1 is 1.00 bits per heavy atom. The molecule has 2 amide bonds. The number of carbonyl (C=O) groups excluding carboxylic acids is 1. The Kier molecular flexibility index (Phi) is 5.36. The Bertz CT molecular complexity index is 904. The number of aromatic nitrogens is 4. The van der Waals surface area contributed by atoms with Crippen LogP contribution in [0.4, 0.5) is 16.3 Å². The SMILES string of the molecule is COc1cc(NC(=O)Nc2cc(-n3ccnc3)ncn2)cc(OC)c1OC. The molecule has 0 atom stereocenters. The molecule has 27 heavy (non-hydrogen) atoms. The predicted molar refractivity (Wildman–Crippen MR) is 97.9 cm³/mol. The van der Waals surface area contributed by atoms with Crippen molar-refractivity contribution >= 4 is 17.5 Å². The lowest BCUT2D eigenvalue weighted by atomic mass is 10.2. The van der Waals surface area contributed by atoms with Crippen molar-refractivity contribution in [2.24, 2.45) is 0 Å². The van der Waals surface area contributed by atoms with Crippen LogP contribution in [0.2, 0.25) is 0 Å². The first kappa shape index (κ1) is 18.0. The minimum Gasteiger partial charge on any atom is -0.493 e. The maximum absolute atomic E-state index is 12.3. The van der Waals surface area contributed by atoms with Crippen LogP contribution in [0.25, 0.3) is 5.82 Å². The molecule has 3 rings (SSSR count). The molecule has 0 unspecified atom stereocenters. The Morgan fingerprint density at radius 2 is 1.74 bits per heavy atom. The zero-order valence-electron chi connectivity index (χ0n) is 15.0. The third-order valence-corrected chi connectivity index (χ3v) is 3.59. The largest absolute Gasteiger partial charge is 0.493 e. The fourth-order valence-corrected chi connectivity index (χ4v) is 2.38. The van der Waals surface area contributed by atoms with Gasteiger partial charge in [-0.25, -0.2) is 19.7 Å². The van der Waals surface area contributed by atoms with E-state index in [1.165, 1.54) is 27.7 Å². The summed E-state index contributed by atoms with van der Waals surface area (Å²) in [6.07, 6.45) is 6.32. The van der Waals surface area contributed by atoms with Crippen LogP contribution in [-0.4, -0.2) is 46.9 Å². The molecule has 2 heterocycles. The summed E-state index contributed by atoms with van der Waals surface area (Å²) in [6, 6.07) is 4.38. The molecule has 2 N–H and O–H groups in total. The van der Waals surface area contributed by atoms with E-state index in [1.54, 1.807) is 41.5 Å². The highest BCUT2D eigenvalue weighted by Gasteiger charge is 2.15. The van der Waals surface area contributed by atoms with Gasteiger partial charge in [-0.2, -0.15) is 0 Å². The van der Waals surface area contributed by atoms with Gasteiger partial charge in [0.1, 0.15) is 24.3 Å². The lowest BCUT2D eigenvalue weighted by Gasteiger charge is -2.14. The first-order chi connectivity index (χ1) is 13.1. The highest BCUT2D eigenvalue weighted by molar-refractivity contribution is 5.99. The minimum atomic E-state index is -0.487. The second-order valence-corrected chi connectivity index (χ2v) is 5.22. The topological polar surface area (TPSA) is 112 Å². The van der Waals surface area contributed by atoms with Crippen molar-refractivity contribution in [2.45, 2.75) is 0 Å². The smallest absolute Gasteiger partial charge is 0.324 e. The van der Waals surface area contributed by atoms with Crippen molar-refractivity contribution in [3.05, 3.63) is 43.2 Å². The van der Waals surface area contributed by atoms with Gasteiger partial charge < -0.3 is 19.5 Å². The van der Waals surface area contributed by atoms with Gasteiger partial charge in [0, 0.05) is 30.6 Å². The number of nitrogens with zero attached hydrogens (tertiary/aromatic N) is 4. The van der Waals surface area contributed by atoms with Crippen molar-refractivity contribution in [3.63, 3.8) is 0 Å². The number of carbonyl (C=O) groups is 1. The first-order valence-electron chi connectivity index (χ1n) is 7.83.